The van der Waals surface area contributed by atoms with Gasteiger partial charge in [-0.05, 0) is 41.3 Å². The van der Waals surface area contributed by atoms with E-state index in [-0.39, 0.29) is 5.78 Å². The van der Waals surface area contributed by atoms with Crippen LogP contribution in [0.3, 0.4) is 0 Å². The van der Waals surface area contributed by atoms with E-state index in [0.29, 0.717) is 40.8 Å². The van der Waals surface area contributed by atoms with Crippen molar-refractivity contribution in [1.82, 2.24) is 0 Å². The lowest BCUT2D eigenvalue weighted by Crippen LogP contribution is -2.42. The molecule has 2 rings (SSSR count). The number of rotatable bonds is 3. The van der Waals surface area contributed by atoms with E-state index in [1.165, 1.54) is 7.11 Å². The largest absolute Gasteiger partial charge is 0.496 e. The molecule has 19 heavy (non-hydrogen) atoms. The minimum Gasteiger partial charge on any atom is -0.496 e. The van der Waals surface area contributed by atoms with E-state index in [4.69, 9.17) is 9.47 Å². The Balaban J connectivity index is 2.70. The molecule has 0 aromatic heterocycles. The predicted molar refractivity (Wildman–Crippen MR) is 75.1 cm³/mol. The van der Waals surface area contributed by atoms with Gasteiger partial charge in [-0.1, -0.05) is 6.92 Å². The summed E-state index contributed by atoms with van der Waals surface area (Å²) in [7, 11) is 3.08. The molecule has 0 fully saturated rings. The number of hydrogen-bond acceptors (Lipinski definition) is 4. The minimum absolute atomic E-state index is 0.285. The molecule has 5 heteroatoms. The summed E-state index contributed by atoms with van der Waals surface area (Å²) in [6, 6.07) is 1.79. The Labute approximate surface area is 120 Å². The van der Waals surface area contributed by atoms with Crippen LogP contribution in [0.2, 0.25) is 0 Å². The zero-order valence-electron chi connectivity index (χ0n) is 11.2. The lowest BCUT2D eigenvalue weighted by Gasteiger charge is -2.32. The van der Waals surface area contributed by atoms with Gasteiger partial charge in [-0.2, -0.15) is 0 Å². The van der Waals surface area contributed by atoms with Crippen molar-refractivity contribution in [2.24, 2.45) is 0 Å². The van der Waals surface area contributed by atoms with Crippen molar-refractivity contribution in [1.29, 1.82) is 0 Å². The monoisotopic (exact) mass is 328 g/mol. The fraction of sp³-hybridized carbons (Fsp3) is 0.500. The Kier molecular flexibility index (Phi) is 3.87. The molecule has 1 aromatic rings. The quantitative estimate of drug-likeness (QED) is 0.926. The molecule has 1 atom stereocenters. The van der Waals surface area contributed by atoms with Gasteiger partial charge in [0.2, 0.25) is 0 Å². The Morgan fingerprint density at radius 2 is 2.11 bits per heavy atom. The van der Waals surface area contributed by atoms with Crippen molar-refractivity contribution in [3.63, 3.8) is 0 Å². The highest BCUT2D eigenvalue weighted by molar-refractivity contribution is 9.10. The Hall–Kier alpha value is -1.07. The molecule has 0 spiro atoms. The lowest BCUT2D eigenvalue weighted by molar-refractivity contribution is 0.0219. The van der Waals surface area contributed by atoms with E-state index < -0.39 is 5.60 Å². The van der Waals surface area contributed by atoms with Crippen molar-refractivity contribution in [2.45, 2.75) is 31.8 Å². The SMILES string of the molecule is CC[C@@]1(O)CCc2c(OC)cc(Br)c(OC)c2C1=O. The Morgan fingerprint density at radius 1 is 1.42 bits per heavy atom. The van der Waals surface area contributed by atoms with Crippen LogP contribution in [-0.4, -0.2) is 30.7 Å². The molecule has 0 saturated carbocycles. The summed E-state index contributed by atoms with van der Waals surface area (Å²) >= 11 is 3.38. The predicted octanol–water partition coefficient (Wildman–Crippen LogP) is 2.74. The van der Waals surface area contributed by atoms with Gasteiger partial charge in [-0.3, -0.25) is 4.79 Å². The zero-order chi connectivity index (χ0) is 14.2. The molecule has 0 bridgehead atoms. The first-order valence-electron chi connectivity index (χ1n) is 6.19. The van der Waals surface area contributed by atoms with Crippen molar-refractivity contribution in [2.75, 3.05) is 14.2 Å². The van der Waals surface area contributed by atoms with Gasteiger partial charge in [0.15, 0.2) is 5.78 Å². The molecule has 0 radical (unpaired) electrons. The van der Waals surface area contributed by atoms with Gasteiger partial charge in [0, 0.05) is 5.56 Å². The maximum atomic E-state index is 12.6. The molecular weight excluding hydrogens is 312 g/mol. The first-order valence-corrected chi connectivity index (χ1v) is 6.98. The molecule has 104 valence electrons. The average molecular weight is 329 g/mol. The van der Waals surface area contributed by atoms with Gasteiger partial charge >= 0.3 is 0 Å². The van der Waals surface area contributed by atoms with Crippen molar-refractivity contribution in [3.8, 4) is 11.5 Å². The fourth-order valence-corrected chi connectivity index (χ4v) is 3.10. The average Bonchev–Trinajstić information content (AvgIpc) is 2.42. The summed E-state index contributed by atoms with van der Waals surface area (Å²) in [5.41, 5.74) is -0.0541. The molecule has 0 heterocycles. The normalized spacial score (nSPS) is 22.1. The summed E-state index contributed by atoms with van der Waals surface area (Å²) < 4.78 is 11.3. The van der Waals surface area contributed by atoms with Crippen molar-refractivity contribution < 1.29 is 19.4 Å². The second-order valence-corrected chi connectivity index (χ2v) is 5.52. The fourth-order valence-electron chi connectivity index (χ4n) is 2.53. The number of ketones is 1. The molecule has 1 N–H and O–H groups in total. The molecule has 0 amide bonds. The maximum Gasteiger partial charge on any atom is 0.198 e. The summed E-state index contributed by atoms with van der Waals surface area (Å²) in [6.07, 6.45) is 1.40. The Morgan fingerprint density at radius 3 is 2.63 bits per heavy atom. The van der Waals surface area contributed by atoms with E-state index in [2.05, 4.69) is 15.9 Å². The topological polar surface area (TPSA) is 55.8 Å². The van der Waals surface area contributed by atoms with Crippen LogP contribution in [0.15, 0.2) is 10.5 Å². The number of ether oxygens (including phenoxy) is 2. The highest BCUT2D eigenvalue weighted by Crippen LogP contribution is 2.44. The van der Waals surface area contributed by atoms with E-state index in [0.717, 1.165) is 5.56 Å². The summed E-state index contributed by atoms with van der Waals surface area (Å²) in [4.78, 5) is 12.6. The van der Waals surface area contributed by atoms with Crippen molar-refractivity contribution >= 4 is 21.7 Å². The molecule has 1 aliphatic rings. The third-order valence-corrected chi connectivity index (χ3v) is 4.34. The number of halogens is 1. The molecule has 0 unspecified atom stereocenters. The highest BCUT2D eigenvalue weighted by Gasteiger charge is 2.42. The number of hydrogen-bond donors (Lipinski definition) is 1. The number of fused-ring (bicyclic) bond motifs is 1. The van der Waals surface area contributed by atoms with Crippen LogP contribution in [0.4, 0.5) is 0 Å². The molecule has 0 aliphatic heterocycles. The van der Waals surface area contributed by atoms with E-state index in [9.17, 15) is 9.90 Å². The van der Waals surface area contributed by atoms with Crippen molar-refractivity contribution in [3.05, 3.63) is 21.7 Å². The second kappa shape index (κ2) is 5.13. The molecule has 1 aromatic carbocycles. The maximum absolute atomic E-state index is 12.6. The van der Waals surface area contributed by atoms with Gasteiger partial charge in [-0.25, -0.2) is 0 Å². The summed E-state index contributed by atoms with van der Waals surface area (Å²) in [5.74, 6) is 0.828. The van der Waals surface area contributed by atoms with Gasteiger partial charge < -0.3 is 14.6 Å². The highest BCUT2D eigenvalue weighted by atomic mass is 79.9. The summed E-state index contributed by atoms with van der Waals surface area (Å²) in [5, 5.41) is 10.4. The van der Waals surface area contributed by atoms with Crippen LogP contribution >= 0.6 is 15.9 Å². The third-order valence-electron chi connectivity index (χ3n) is 3.75. The van der Waals surface area contributed by atoms with Gasteiger partial charge in [0.1, 0.15) is 17.1 Å². The number of carbonyl (C=O) groups is 1. The van der Waals surface area contributed by atoms with Crippen LogP contribution in [0.5, 0.6) is 11.5 Å². The molecule has 4 nitrogen and oxygen atoms in total. The lowest BCUT2D eigenvalue weighted by atomic mass is 9.77. The first kappa shape index (κ1) is 14.3. The number of methoxy groups -OCH3 is 2. The number of carbonyl (C=O) groups excluding carboxylic acids is 1. The van der Waals surface area contributed by atoms with Crippen LogP contribution in [-0.2, 0) is 6.42 Å². The van der Waals surface area contributed by atoms with E-state index in [1.54, 1.807) is 13.2 Å². The minimum atomic E-state index is -1.30. The number of Topliss-reactive ketones (excluding diaryl/α,β-unsaturated/α-hetero) is 1. The standard InChI is InChI=1S/C14H17BrO4/c1-4-14(17)6-5-8-10(18-2)7-9(15)12(19-3)11(8)13(14)16/h7,17H,4-6H2,1-3H3/t14-/m1/s1. The molecular formula is C14H17BrO4. The summed E-state index contributed by atoms with van der Waals surface area (Å²) in [6.45, 7) is 1.81. The molecule has 0 saturated heterocycles. The van der Waals surface area contributed by atoms with Gasteiger partial charge in [0.05, 0.1) is 24.3 Å². The Bertz CT molecular complexity index is 527. The third kappa shape index (κ3) is 2.15. The zero-order valence-corrected chi connectivity index (χ0v) is 12.8. The number of aliphatic hydroxyl groups is 1. The van der Waals surface area contributed by atoms with Gasteiger partial charge in [0.25, 0.3) is 0 Å². The smallest absolute Gasteiger partial charge is 0.198 e. The van der Waals surface area contributed by atoms with Crippen LogP contribution < -0.4 is 9.47 Å². The molecule has 1 aliphatic carbocycles. The van der Waals surface area contributed by atoms with Gasteiger partial charge in [-0.15, -0.1) is 0 Å². The first-order chi connectivity index (χ1) is 8.98. The second-order valence-electron chi connectivity index (χ2n) is 4.66. The van der Waals surface area contributed by atoms with E-state index in [1.807, 2.05) is 6.92 Å². The number of benzene rings is 1. The van der Waals surface area contributed by atoms with Crippen LogP contribution in [0, 0.1) is 0 Å². The van der Waals surface area contributed by atoms with Crippen LogP contribution in [0.1, 0.15) is 35.7 Å². The van der Waals surface area contributed by atoms with E-state index >= 15 is 0 Å². The van der Waals surface area contributed by atoms with Crippen LogP contribution in [0.25, 0.3) is 0 Å².